The Balaban J connectivity index is 2.10. The summed E-state index contributed by atoms with van der Waals surface area (Å²) < 4.78 is 1.65. The van der Waals surface area contributed by atoms with Crippen LogP contribution in [0.4, 0.5) is 16.6 Å². The van der Waals surface area contributed by atoms with Crippen LogP contribution in [0.1, 0.15) is 29.2 Å². The summed E-state index contributed by atoms with van der Waals surface area (Å²) in [6, 6.07) is 0. The van der Waals surface area contributed by atoms with E-state index in [4.69, 9.17) is 5.73 Å². The molecule has 0 aliphatic carbocycles. The van der Waals surface area contributed by atoms with Gasteiger partial charge in [-0.2, -0.15) is 5.10 Å². The predicted molar refractivity (Wildman–Crippen MR) is 85.8 cm³/mol. The van der Waals surface area contributed by atoms with E-state index in [0.717, 1.165) is 12.2 Å². The van der Waals surface area contributed by atoms with E-state index >= 15 is 0 Å². The predicted octanol–water partition coefficient (Wildman–Crippen LogP) is 2.09. The van der Waals surface area contributed by atoms with Gasteiger partial charge in [-0.15, -0.1) is 0 Å². The molecule has 0 saturated carbocycles. The van der Waals surface area contributed by atoms with Crippen molar-refractivity contribution in [3.05, 3.63) is 16.8 Å². The molecule has 21 heavy (non-hydrogen) atoms. The fourth-order valence-corrected chi connectivity index (χ4v) is 2.55. The van der Waals surface area contributed by atoms with Crippen LogP contribution < -0.4 is 16.4 Å². The number of nitrogens with two attached hydrogens (primary N) is 1. The first-order chi connectivity index (χ1) is 9.86. The second kappa shape index (κ2) is 6.13. The number of rotatable bonds is 5. The highest BCUT2D eigenvalue weighted by Crippen LogP contribution is 2.26. The lowest BCUT2D eigenvalue weighted by Crippen LogP contribution is -2.12. The van der Waals surface area contributed by atoms with Gasteiger partial charge in [0, 0.05) is 19.8 Å². The quantitative estimate of drug-likeness (QED) is 0.785. The SMILES string of the molecule is Cc1nn(C)cc1NC(=O)c1sc(NCC(C)C)nc1N. The van der Waals surface area contributed by atoms with Crippen LogP contribution in [0.5, 0.6) is 0 Å². The zero-order chi connectivity index (χ0) is 15.6. The van der Waals surface area contributed by atoms with Gasteiger partial charge in [-0.05, 0) is 12.8 Å². The van der Waals surface area contributed by atoms with Gasteiger partial charge in [-0.3, -0.25) is 9.48 Å². The lowest BCUT2D eigenvalue weighted by atomic mass is 10.2. The summed E-state index contributed by atoms with van der Waals surface area (Å²) in [5.74, 6) is 0.467. The standard InChI is InChI=1S/C13H20N6OS/c1-7(2)5-15-13-17-11(14)10(21-13)12(20)16-9-6-19(4)18-8(9)3/h6-7H,5,14H2,1-4H3,(H,15,17)(H,16,20). The maximum Gasteiger partial charge on any atom is 0.269 e. The van der Waals surface area contributed by atoms with Crippen LogP contribution in [0.15, 0.2) is 6.20 Å². The fourth-order valence-electron chi connectivity index (χ4n) is 1.76. The van der Waals surface area contributed by atoms with Crippen molar-refractivity contribution in [2.45, 2.75) is 20.8 Å². The zero-order valence-electron chi connectivity index (χ0n) is 12.6. The molecule has 2 heterocycles. The lowest BCUT2D eigenvalue weighted by Gasteiger charge is -2.04. The summed E-state index contributed by atoms with van der Waals surface area (Å²) in [5.41, 5.74) is 7.25. The number of hydrogen-bond donors (Lipinski definition) is 3. The van der Waals surface area contributed by atoms with Crippen molar-refractivity contribution in [3.8, 4) is 0 Å². The van der Waals surface area contributed by atoms with E-state index in [1.54, 1.807) is 17.9 Å². The van der Waals surface area contributed by atoms with Crippen molar-refractivity contribution in [1.82, 2.24) is 14.8 Å². The molecule has 2 rings (SSSR count). The highest BCUT2D eigenvalue weighted by molar-refractivity contribution is 7.18. The molecule has 114 valence electrons. The fraction of sp³-hybridized carbons (Fsp3) is 0.462. The van der Waals surface area contributed by atoms with Crippen LogP contribution in [-0.4, -0.2) is 27.2 Å². The number of hydrogen-bond acceptors (Lipinski definition) is 6. The summed E-state index contributed by atoms with van der Waals surface area (Å²) in [6.07, 6.45) is 1.75. The summed E-state index contributed by atoms with van der Waals surface area (Å²) in [7, 11) is 1.80. The molecule has 4 N–H and O–H groups in total. The molecule has 0 radical (unpaired) electrons. The molecule has 0 fully saturated rings. The van der Waals surface area contributed by atoms with Crippen molar-refractivity contribution < 1.29 is 4.79 Å². The van der Waals surface area contributed by atoms with Crippen LogP contribution in [0.3, 0.4) is 0 Å². The van der Waals surface area contributed by atoms with E-state index in [0.29, 0.717) is 21.6 Å². The molecule has 0 aliphatic rings. The molecule has 8 heteroatoms. The van der Waals surface area contributed by atoms with Gasteiger partial charge in [0.15, 0.2) is 5.13 Å². The number of aryl methyl sites for hydroxylation is 2. The summed E-state index contributed by atoms with van der Waals surface area (Å²) >= 11 is 1.26. The van der Waals surface area contributed by atoms with Crippen molar-refractivity contribution in [1.29, 1.82) is 0 Å². The van der Waals surface area contributed by atoms with E-state index in [1.807, 2.05) is 6.92 Å². The van der Waals surface area contributed by atoms with Gasteiger partial charge >= 0.3 is 0 Å². The number of carbonyl (C=O) groups excluding carboxylic acids is 1. The molecule has 0 bridgehead atoms. The number of nitrogen functional groups attached to an aromatic ring is 1. The van der Waals surface area contributed by atoms with Crippen molar-refractivity contribution in [3.63, 3.8) is 0 Å². The van der Waals surface area contributed by atoms with E-state index in [-0.39, 0.29) is 11.7 Å². The second-order valence-electron chi connectivity index (χ2n) is 5.26. The molecule has 0 atom stereocenters. The first kappa shape index (κ1) is 15.3. The van der Waals surface area contributed by atoms with Gasteiger partial charge in [0.2, 0.25) is 0 Å². The van der Waals surface area contributed by atoms with Crippen LogP contribution in [0.25, 0.3) is 0 Å². The summed E-state index contributed by atoms with van der Waals surface area (Å²) in [4.78, 5) is 16.8. The molecule has 0 unspecified atom stereocenters. The molecule has 2 aromatic heterocycles. The van der Waals surface area contributed by atoms with Gasteiger partial charge in [0.05, 0.1) is 11.4 Å². The van der Waals surface area contributed by atoms with E-state index in [1.165, 1.54) is 11.3 Å². The Morgan fingerprint density at radius 1 is 1.52 bits per heavy atom. The van der Waals surface area contributed by atoms with Gasteiger partial charge in [-0.1, -0.05) is 25.2 Å². The average molecular weight is 308 g/mol. The maximum absolute atomic E-state index is 12.3. The average Bonchev–Trinajstić information content (AvgIpc) is 2.90. The third-order valence-corrected chi connectivity index (χ3v) is 3.81. The van der Waals surface area contributed by atoms with Gasteiger partial charge in [0.25, 0.3) is 5.91 Å². The first-order valence-electron chi connectivity index (χ1n) is 6.68. The van der Waals surface area contributed by atoms with Crippen molar-refractivity contribution in [2.24, 2.45) is 13.0 Å². The molecule has 0 spiro atoms. The molecule has 0 saturated heterocycles. The van der Waals surface area contributed by atoms with E-state index in [2.05, 4.69) is 34.6 Å². The third kappa shape index (κ3) is 3.72. The van der Waals surface area contributed by atoms with Crippen LogP contribution in [0.2, 0.25) is 0 Å². The smallest absolute Gasteiger partial charge is 0.269 e. The number of nitrogens with zero attached hydrogens (tertiary/aromatic N) is 3. The number of aromatic nitrogens is 3. The molecule has 1 amide bonds. The van der Waals surface area contributed by atoms with E-state index in [9.17, 15) is 4.79 Å². The van der Waals surface area contributed by atoms with Crippen LogP contribution in [-0.2, 0) is 7.05 Å². The largest absolute Gasteiger partial charge is 0.382 e. The van der Waals surface area contributed by atoms with Crippen molar-refractivity contribution in [2.75, 3.05) is 22.9 Å². The Hall–Kier alpha value is -2.09. The molecular weight excluding hydrogens is 288 g/mol. The normalized spacial score (nSPS) is 10.9. The molecule has 0 aliphatic heterocycles. The lowest BCUT2D eigenvalue weighted by molar-refractivity contribution is 0.103. The Labute approximate surface area is 127 Å². The minimum absolute atomic E-state index is 0.241. The minimum atomic E-state index is -0.265. The minimum Gasteiger partial charge on any atom is -0.382 e. The molecule has 0 aromatic carbocycles. The summed E-state index contributed by atoms with van der Waals surface area (Å²) in [5, 5.41) is 10.8. The van der Waals surface area contributed by atoms with Crippen LogP contribution in [0, 0.1) is 12.8 Å². The monoisotopic (exact) mass is 308 g/mol. The Morgan fingerprint density at radius 3 is 2.81 bits per heavy atom. The zero-order valence-corrected chi connectivity index (χ0v) is 13.4. The number of nitrogens with one attached hydrogen (secondary N) is 2. The second-order valence-corrected chi connectivity index (χ2v) is 6.26. The Kier molecular flexibility index (Phi) is 4.46. The number of thiazole rings is 1. The topological polar surface area (TPSA) is 97.9 Å². The van der Waals surface area contributed by atoms with Gasteiger partial charge in [-0.25, -0.2) is 4.98 Å². The maximum atomic E-state index is 12.3. The van der Waals surface area contributed by atoms with Gasteiger partial charge < -0.3 is 16.4 Å². The van der Waals surface area contributed by atoms with Crippen LogP contribution >= 0.6 is 11.3 Å². The summed E-state index contributed by atoms with van der Waals surface area (Å²) in [6.45, 7) is 6.82. The molecule has 7 nitrogen and oxygen atoms in total. The number of anilines is 3. The van der Waals surface area contributed by atoms with E-state index < -0.39 is 0 Å². The highest BCUT2D eigenvalue weighted by atomic mass is 32.1. The Bertz CT molecular complexity index is 645. The molecule has 2 aromatic rings. The third-order valence-electron chi connectivity index (χ3n) is 2.78. The number of amides is 1. The first-order valence-corrected chi connectivity index (χ1v) is 7.50. The number of carbonyl (C=O) groups is 1. The Morgan fingerprint density at radius 2 is 2.24 bits per heavy atom. The molecular formula is C13H20N6OS. The van der Waals surface area contributed by atoms with Crippen molar-refractivity contribution >= 4 is 33.9 Å². The highest BCUT2D eigenvalue weighted by Gasteiger charge is 2.18. The van der Waals surface area contributed by atoms with Gasteiger partial charge in [0.1, 0.15) is 10.7 Å².